The van der Waals surface area contributed by atoms with Crippen molar-refractivity contribution in [1.82, 2.24) is 0 Å². The van der Waals surface area contributed by atoms with Gasteiger partial charge in [0.15, 0.2) is 0 Å². The summed E-state index contributed by atoms with van der Waals surface area (Å²) in [6.07, 6.45) is 2.01. The van der Waals surface area contributed by atoms with Crippen LogP contribution in [0.2, 0.25) is 0 Å². The Hall–Kier alpha value is -0.500. The normalized spacial score (nSPS) is 9.62. The lowest BCUT2D eigenvalue weighted by atomic mass is 10.3. The molecule has 8 heavy (non-hydrogen) atoms. The second kappa shape index (κ2) is 2.18. The molecule has 0 unspecified atom stereocenters. The van der Waals surface area contributed by atoms with Gasteiger partial charge in [-0.1, -0.05) is 6.92 Å². The Bertz CT molecular complexity index is 169. The highest BCUT2D eigenvalue weighted by atomic mass is 32.1. The van der Waals surface area contributed by atoms with Crippen molar-refractivity contribution in [2.75, 3.05) is 5.73 Å². The van der Waals surface area contributed by atoms with Gasteiger partial charge in [0.05, 0.1) is 0 Å². The number of hydrogen-bond donors (Lipinski definition) is 1. The number of hydrogen-bond acceptors (Lipinski definition) is 2. The minimum Gasteiger partial charge on any atom is -0.398 e. The van der Waals surface area contributed by atoms with E-state index in [1.54, 1.807) is 11.3 Å². The van der Waals surface area contributed by atoms with Crippen LogP contribution in [0.25, 0.3) is 0 Å². The number of thiophene rings is 1. The summed E-state index contributed by atoms with van der Waals surface area (Å²) < 4.78 is 0. The van der Waals surface area contributed by atoms with Gasteiger partial charge in [0.1, 0.15) is 0 Å². The molecule has 0 atom stereocenters. The molecule has 1 heterocycles. The van der Waals surface area contributed by atoms with Crippen LogP contribution >= 0.6 is 11.3 Å². The van der Waals surface area contributed by atoms with Gasteiger partial charge < -0.3 is 5.73 Å². The Morgan fingerprint density at radius 1 is 1.75 bits per heavy atom. The second-order valence-electron chi connectivity index (χ2n) is 1.53. The molecule has 1 aromatic rings. The van der Waals surface area contributed by atoms with Gasteiger partial charge in [-0.05, 0) is 17.9 Å². The maximum absolute atomic E-state index is 5.53. The topological polar surface area (TPSA) is 26.0 Å². The van der Waals surface area contributed by atoms with Gasteiger partial charge in [-0.3, -0.25) is 0 Å². The summed E-state index contributed by atoms with van der Waals surface area (Å²) in [5.41, 5.74) is 6.42. The maximum Gasteiger partial charge on any atom is 0.0458 e. The Balaban J connectivity index is 2.92. The third-order valence-electron chi connectivity index (χ3n) is 0.989. The third-order valence-corrected chi connectivity index (χ3v) is 1.99. The van der Waals surface area contributed by atoms with Gasteiger partial charge in [-0.2, -0.15) is 0 Å². The molecule has 0 aromatic carbocycles. The van der Waals surface area contributed by atoms with Crippen LogP contribution in [0.5, 0.6) is 0 Å². The fourth-order valence-corrected chi connectivity index (χ4v) is 1.27. The standard InChI is InChI=1S/C6H8NS/c1-2-6-5(7)3-4-8-6/h2-4H,7H2,1H3. The summed E-state index contributed by atoms with van der Waals surface area (Å²) in [4.78, 5) is 1.17. The highest BCUT2D eigenvalue weighted by Crippen LogP contribution is 2.19. The molecule has 0 amide bonds. The fourth-order valence-electron chi connectivity index (χ4n) is 0.566. The van der Waals surface area contributed by atoms with E-state index in [1.807, 2.05) is 24.8 Å². The van der Waals surface area contributed by atoms with Crippen LogP contribution in [-0.2, 0) is 0 Å². The second-order valence-corrected chi connectivity index (χ2v) is 2.48. The SMILES string of the molecule is C[CH]c1sccc1N. The average Bonchev–Trinajstić information content (AvgIpc) is 2.14. The lowest BCUT2D eigenvalue weighted by Crippen LogP contribution is -1.82. The number of nitrogen functional groups attached to an aromatic ring is 1. The lowest BCUT2D eigenvalue weighted by molar-refractivity contribution is 1.52. The van der Waals surface area contributed by atoms with Crippen molar-refractivity contribution >= 4 is 17.0 Å². The molecule has 2 heteroatoms. The van der Waals surface area contributed by atoms with Gasteiger partial charge in [0.2, 0.25) is 0 Å². The van der Waals surface area contributed by atoms with Crippen LogP contribution in [0.4, 0.5) is 5.69 Å². The summed E-state index contributed by atoms with van der Waals surface area (Å²) in [7, 11) is 0. The summed E-state index contributed by atoms with van der Waals surface area (Å²) >= 11 is 1.67. The van der Waals surface area contributed by atoms with Crippen LogP contribution in [0.15, 0.2) is 11.4 Å². The molecule has 2 N–H and O–H groups in total. The van der Waals surface area contributed by atoms with Crippen LogP contribution in [0.3, 0.4) is 0 Å². The van der Waals surface area contributed by atoms with E-state index in [1.165, 1.54) is 4.88 Å². The van der Waals surface area contributed by atoms with Gasteiger partial charge in [-0.25, -0.2) is 0 Å². The van der Waals surface area contributed by atoms with Crippen molar-refractivity contribution in [2.45, 2.75) is 6.92 Å². The zero-order chi connectivity index (χ0) is 5.98. The highest BCUT2D eigenvalue weighted by Gasteiger charge is 1.93. The molecular formula is C6H8NS. The van der Waals surface area contributed by atoms with E-state index in [-0.39, 0.29) is 0 Å². The molecule has 0 spiro atoms. The zero-order valence-corrected chi connectivity index (χ0v) is 5.53. The lowest BCUT2D eigenvalue weighted by Gasteiger charge is -1.87. The first-order valence-electron chi connectivity index (χ1n) is 2.47. The molecule has 0 saturated heterocycles. The molecule has 0 aliphatic carbocycles. The Labute approximate surface area is 53.1 Å². The Kier molecular flexibility index (Phi) is 1.53. The molecule has 0 aliphatic heterocycles. The highest BCUT2D eigenvalue weighted by molar-refractivity contribution is 7.10. The van der Waals surface area contributed by atoms with Crippen LogP contribution in [0, 0.1) is 6.42 Å². The molecule has 1 radical (unpaired) electrons. The summed E-state index contributed by atoms with van der Waals surface area (Å²) in [5, 5.41) is 1.99. The van der Waals surface area contributed by atoms with Crippen molar-refractivity contribution in [1.29, 1.82) is 0 Å². The first kappa shape index (κ1) is 5.63. The van der Waals surface area contributed by atoms with Gasteiger partial charge in [0, 0.05) is 10.6 Å². The third kappa shape index (κ3) is 0.842. The van der Waals surface area contributed by atoms with E-state index >= 15 is 0 Å². The van der Waals surface area contributed by atoms with Gasteiger partial charge in [-0.15, -0.1) is 11.3 Å². The van der Waals surface area contributed by atoms with Crippen LogP contribution in [-0.4, -0.2) is 0 Å². The first-order valence-corrected chi connectivity index (χ1v) is 3.35. The molecule has 1 aromatic heterocycles. The molecule has 0 fully saturated rings. The predicted molar refractivity (Wildman–Crippen MR) is 37.8 cm³/mol. The molecule has 1 rings (SSSR count). The van der Waals surface area contributed by atoms with Crippen molar-refractivity contribution in [3.63, 3.8) is 0 Å². The van der Waals surface area contributed by atoms with Crippen molar-refractivity contribution in [2.24, 2.45) is 0 Å². The minimum absolute atomic E-state index is 0.887. The summed E-state index contributed by atoms with van der Waals surface area (Å²) in [6.45, 7) is 1.99. The van der Waals surface area contributed by atoms with Crippen molar-refractivity contribution in [3.8, 4) is 0 Å². The Morgan fingerprint density at radius 3 is 2.75 bits per heavy atom. The summed E-state index contributed by atoms with van der Waals surface area (Å²) in [5.74, 6) is 0. The van der Waals surface area contributed by atoms with Gasteiger partial charge in [0.25, 0.3) is 0 Å². The average molecular weight is 126 g/mol. The smallest absolute Gasteiger partial charge is 0.0458 e. The molecule has 0 saturated carbocycles. The number of anilines is 1. The number of nitrogens with two attached hydrogens (primary N) is 1. The largest absolute Gasteiger partial charge is 0.398 e. The van der Waals surface area contributed by atoms with Crippen LogP contribution < -0.4 is 5.73 Å². The van der Waals surface area contributed by atoms with E-state index in [0.29, 0.717) is 0 Å². The van der Waals surface area contributed by atoms with E-state index < -0.39 is 0 Å². The summed E-state index contributed by atoms with van der Waals surface area (Å²) in [6, 6.07) is 1.92. The van der Waals surface area contributed by atoms with E-state index in [2.05, 4.69) is 0 Å². The number of rotatable bonds is 1. The van der Waals surface area contributed by atoms with Crippen molar-refractivity contribution < 1.29 is 0 Å². The molecular weight excluding hydrogens is 118 g/mol. The van der Waals surface area contributed by atoms with E-state index in [9.17, 15) is 0 Å². The first-order chi connectivity index (χ1) is 3.84. The predicted octanol–water partition coefficient (Wildman–Crippen LogP) is 1.90. The molecule has 1 nitrogen and oxygen atoms in total. The van der Waals surface area contributed by atoms with Crippen molar-refractivity contribution in [3.05, 3.63) is 22.7 Å². The van der Waals surface area contributed by atoms with E-state index in [4.69, 9.17) is 5.73 Å². The van der Waals surface area contributed by atoms with Gasteiger partial charge >= 0.3 is 0 Å². The maximum atomic E-state index is 5.53. The van der Waals surface area contributed by atoms with Crippen LogP contribution in [0.1, 0.15) is 11.8 Å². The van der Waals surface area contributed by atoms with E-state index in [0.717, 1.165) is 5.69 Å². The molecule has 0 bridgehead atoms. The molecule has 43 valence electrons. The monoisotopic (exact) mass is 126 g/mol. The molecule has 0 aliphatic rings. The fraction of sp³-hybridized carbons (Fsp3) is 0.167. The quantitative estimate of drug-likeness (QED) is 0.611. The zero-order valence-electron chi connectivity index (χ0n) is 4.72. The Morgan fingerprint density at radius 2 is 2.50 bits per heavy atom. The minimum atomic E-state index is 0.887.